The Balaban J connectivity index is 2.72. The van der Waals surface area contributed by atoms with Crippen molar-refractivity contribution < 1.29 is 22.3 Å². The van der Waals surface area contributed by atoms with Crippen molar-refractivity contribution in [2.75, 3.05) is 6.26 Å². The third kappa shape index (κ3) is 4.27. The van der Waals surface area contributed by atoms with Gasteiger partial charge in [-0.1, -0.05) is 23.4 Å². The van der Waals surface area contributed by atoms with Crippen LogP contribution >= 0.6 is 23.4 Å². The molecule has 0 fully saturated rings. The van der Waals surface area contributed by atoms with Crippen molar-refractivity contribution in [1.29, 1.82) is 0 Å². The predicted octanol–water partition coefficient (Wildman–Crippen LogP) is 4.55. The molecule has 0 bridgehead atoms. The second-order valence-electron chi connectivity index (χ2n) is 5.20. The average Bonchev–Trinajstić information content (AvgIpc) is 2.48. The van der Waals surface area contributed by atoms with E-state index in [0.717, 1.165) is 28.5 Å². The van der Waals surface area contributed by atoms with E-state index in [-0.39, 0.29) is 27.7 Å². The Morgan fingerprint density at radius 1 is 1.28 bits per heavy atom. The molecule has 4 nitrogen and oxygen atoms in total. The molecule has 0 radical (unpaired) electrons. The van der Waals surface area contributed by atoms with Gasteiger partial charge in [0.05, 0.1) is 16.8 Å². The summed E-state index contributed by atoms with van der Waals surface area (Å²) >= 11 is 6.69. The lowest BCUT2D eigenvalue weighted by Crippen LogP contribution is -2.25. The summed E-state index contributed by atoms with van der Waals surface area (Å²) in [5.41, 5.74) is -2.70. The summed E-state index contributed by atoms with van der Waals surface area (Å²) < 4.78 is 59.0. The maximum Gasteiger partial charge on any atom is 0.433 e. The largest absolute Gasteiger partial charge is 0.489 e. The number of rotatable bonds is 4. The smallest absolute Gasteiger partial charge is 0.433 e. The van der Waals surface area contributed by atoms with Crippen LogP contribution in [0.25, 0.3) is 5.69 Å². The second-order valence-corrected chi connectivity index (χ2v) is 6.38. The fourth-order valence-corrected chi connectivity index (χ4v) is 2.75. The molecule has 0 saturated heterocycles. The van der Waals surface area contributed by atoms with Gasteiger partial charge in [0.15, 0.2) is 10.9 Å². The SMILES string of the molecule is CSc1nc(C(F)(F)F)cc(=O)n1-c1cc(OC(C)C)c(Cl)cc1F. The van der Waals surface area contributed by atoms with Gasteiger partial charge in [0.2, 0.25) is 0 Å². The Morgan fingerprint density at radius 2 is 1.92 bits per heavy atom. The normalized spacial score (nSPS) is 11.9. The van der Waals surface area contributed by atoms with E-state index < -0.39 is 23.2 Å². The number of thioether (sulfide) groups is 1. The predicted molar refractivity (Wildman–Crippen MR) is 87.3 cm³/mol. The molecule has 1 aromatic heterocycles. The maximum absolute atomic E-state index is 14.3. The Hall–Kier alpha value is -1.74. The molecule has 0 unspecified atom stereocenters. The molecule has 10 heteroatoms. The number of alkyl halides is 3. The van der Waals surface area contributed by atoms with Crippen LogP contribution in [0.2, 0.25) is 5.02 Å². The van der Waals surface area contributed by atoms with Gasteiger partial charge in [-0.15, -0.1) is 0 Å². The molecule has 0 aliphatic rings. The summed E-state index contributed by atoms with van der Waals surface area (Å²) in [5, 5.41) is -0.329. The zero-order valence-electron chi connectivity index (χ0n) is 13.3. The van der Waals surface area contributed by atoms with Crippen molar-refractivity contribution in [3.8, 4) is 11.4 Å². The van der Waals surface area contributed by atoms with E-state index in [1.54, 1.807) is 13.8 Å². The highest BCUT2D eigenvalue weighted by Gasteiger charge is 2.34. The van der Waals surface area contributed by atoms with Crippen LogP contribution in [0.4, 0.5) is 17.6 Å². The van der Waals surface area contributed by atoms with Crippen LogP contribution in [-0.2, 0) is 6.18 Å². The van der Waals surface area contributed by atoms with Crippen molar-refractivity contribution >= 4 is 23.4 Å². The summed E-state index contributed by atoms with van der Waals surface area (Å²) in [6.07, 6.45) is -3.64. The number of nitrogens with zero attached hydrogens (tertiary/aromatic N) is 2. The van der Waals surface area contributed by atoms with Gasteiger partial charge in [-0.3, -0.25) is 9.36 Å². The average molecular weight is 397 g/mol. The van der Waals surface area contributed by atoms with Crippen LogP contribution in [0.15, 0.2) is 28.2 Å². The highest BCUT2D eigenvalue weighted by Crippen LogP contribution is 2.32. The Bertz CT molecular complexity index is 853. The topological polar surface area (TPSA) is 44.1 Å². The first-order valence-electron chi connectivity index (χ1n) is 6.96. The quantitative estimate of drug-likeness (QED) is 0.432. The van der Waals surface area contributed by atoms with Crippen LogP contribution in [0, 0.1) is 5.82 Å². The summed E-state index contributed by atoms with van der Waals surface area (Å²) in [6, 6.07) is 2.41. The molecular formula is C15H13ClF4N2O2S. The van der Waals surface area contributed by atoms with E-state index in [9.17, 15) is 22.4 Å². The molecule has 0 spiro atoms. The van der Waals surface area contributed by atoms with E-state index in [4.69, 9.17) is 16.3 Å². The third-order valence-electron chi connectivity index (χ3n) is 2.97. The minimum atomic E-state index is -4.78. The first-order valence-corrected chi connectivity index (χ1v) is 8.56. The van der Waals surface area contributed by atoms with Gasteiger partial charge in [-0.25, -0.2) is 9.37 Å². The van der Waals surface area contributed by atoms with Crippen molar-refractivity contribution in [2.45, 2.75) is 31.3 Å². The van der Waals surface area contributed by atoms with Crippen LogP contribution in [0.5, 0.6) is 5.75 Å². The first kappa shape index (κ1) is 19.6. The minimum absolute atomic E-state index is 0.0198. The first-order chi connectivity index (χ1) is 11.5. The van der Waals surface area contributed by atoms with Gasteiger partial charge in [-0.2, -0.15) is 13.2 Å². The Kier molecular flexibility index (Phi) is 5.68. The van der Waals surface area contributed by atoms with Crippen molar-refractivity contribution in [3.63, 3.8) is 0 Å². The highest BCUT2D eigenvalue weighted by molar-refractivity contribution is 7.98. The molecule has 2 aromatic rings. The molecule has 0 aliphatic heterocycles. The van der Waals surface area contributed by atoms with Crippen molar-refractivity contribution in [1.82, 2.24) is 9.55 Å². The van der Waals surface area contributed by atoms with Crippen LogP contribution in [0.1, 0.15) is 19.5 Å². The third-order valence-corrected chi connectivity index (χ3v) is 3.90. The fraction of sp³-hybridized carbons (Fsp3) is 0.333. The molecule has 0 N–H and O–H groups in total. The standard InChI is InChI=1S/C15H13ClF4N2O2S/c1-7(2)24-11-5-10(9(17)4-8(11)16)22-13(23)6-12(15(18,19)20)21-14(22)25-3/h4-7H,1-3H3. The fourth-order valence-electron chi connectivity index (χ4n) is 2.00. The molecule has 25 heavy (non-hydrogen) atoms. The van der Waals surface area contributed by atoms with E-state index in [1.807, 2.05) is 0 Å². The van der Waals surface area contributed by atoms with E-state index in [1.165, 1.54) is 6.26 Å². The molecular weight excluding hydrogens is 384 g/mol. The van der Waals surface area contributed by atoms with Crippen molar-refractivity contribution in [3.05, 3.63) is 45.1 Å². The number of hydrogen-bond donors (Lipinski definition) is 0. The molecule has 1 aromatic carbocycles. The summed E-state index contributed by atoms with van der Waals surface area (Å²) in [7, 11) is 0. The van der Waals surface area contributed by atoms with Crippen LogP contribution in [0.3, 0.4) is 0 Å². The van der Waals surface area contributed by atoms with Gasteiger partial charge in [0.1, 0.15) is 11.6 Å². The Labute approximate surface area is 149 Å². The molecule has 0 aliphatic carbocycles. The van der Waals surface area contributed by atoms with Gasteiger partial charge in [0.25, 0.3) is 5.56 Å². The van der Waals surface area contributed by atoms with Gasteiger partial charge < -0.3 is 4.74 Å². The maximum atomic E-state index is 14.3. The van der Waals surface area contributed by atoms with Crippen LogP contribution in [-0.4, -0.2) is 21.9 Å². The zero-order valence-corrected chi connectivity index (χ0v) is 14.9. The van der Waals surface area contributed by atoms with E-state index in [2.05, 4.69) is 4.98 Å². The molecule has 1 heterocycles. The summed E-state index contributed by atoms with van der Waals surface area (Å²) in [5.74, 6) is -0.785. The molecule has 2 rings (SSSR count). The number of aromatic nitrogens is 2. The number of halogens is 5. The highest BCUT2D eigenvalue weighted by atomic mass is 35.5. The van der Waals surface area contributed by atoms with E-state index in [0.29, 0.717) is 6.07 Å². The summed E-state index contributed by atoms with van der Waals surface area (Å²) in [6.45, 7) is 3.44. The lowest BCUT2D eigenvalue weighted by atomic mass is 10.2. The monoisotopic (exact) mass is 396 g/mol. The minimum Gasteiger partial charge on any atom is -0.489 e. The molecule has 136 valence electrons. The lowest BCUT2D eigenvalue weighted by molar-refractivity contribution is -0.141. The lowest BCUT2D eigenvalue weighted by Gasteiger charge is -2.17. The number of hydrogen-bond acceptors (Lipinski definition) is 4. The Morgan fingerprint density at radius 3 is 2.44 bits per heavy atom. The van der Waals surface area contributed by atoms with Gasteiger partial charge >= 0.3 is 6.18 Å². The number of ether oxygens (including phenoxy) is 1. The van der Waals surface area contributed by atoms with Crippen LogP contribution < -0.4 is 10.3 Å². The van der Waals surface area contributed by atoms with Gasteiger partial charge in [-0.05, 0) is 26.2 Å². The van der Waals surface area contributed by atoms with E-state index >= 15 is 0 Å². The molecule has 0 amide bonds. The second kappa shape index (κ2) is 7.25. The van der Waals surface area contributed by atoms with Gasteiger partial charge in [0, 0.05) is 12.1 Å². The molecule has 0 atom stereocenters. The molecule has 0 saturated carbocycles. The number of benzene rings is 1. The van der Waals surface area contributed by atoms with Crippen molar-refractivity contribution in [2.24, 2.45) is 0 Å². The zero-order chi connectivity index (χ0) is 18.9. The summed E-state index contributed by atoms with van der Waals surface area (Å²) in [4.78, 5) is 15.6.